The molecule has 110 valence electrons. The van der Waals surface area contributed by atoms with E-state index >= 15 is 0 Å². The molecular weight excluding hydrogens is 264 g/mol. The molecule has 2 aromatic rings. The molecule has 1 N–H and O–H groups in total. The molecule has 1 aromatic heterocycles. The lowest BCUT2D eigenvalue weighted by Crippen LogP contribution is -2.13. The second kappa shape index (κ2) is 8.07. The summed E-state index contributed by atoms with van der Waals surface area (Å²) in [6.45, 7) is 5.58. The van der Waals surface area contributed by atoms with Gasteiger partial charge in [-0.15, -0.1) is 0 Å². The zero-order chi connectivity index (χ0) is 14.9. The summed E-state index contributed by atoms with van der Waals surface area (Å²) in [5, 5.41) is 3.36. The molecule has 0 amide bonds. The van der Waals surface area contributed by atoms with Crippen molar-refractivity contribution in [1.82, 2.24) is 10.3 Å². The quantitative estimate of drug-likeness (QED) is 0.757. The number of nitrogens with one attached hydrogen (secondary N) is 1. The van der Waals surface area contributed by atoms with Gasteiger partial charge in [-0.25, -0.2) is 0 Å². The molecule has 0 aliphatic carbocycles. The summed E-state index contributed by atoms with van der Waals surface area (Å²) < 4.78 is 10.9. The van der Waals surface area contributed by atoms with Crippen molar-refractivity contribution >= 4 is 0 Å². The normalized spacial score (nSPS) is 10.1. The van der Waals surface area contributed by atoms with Gasteiger partial charge in [-0.1, -0.05) is 24.8 Å². The Morgan fingerprint density at radius 2 is 2.10 bits per heavy atom. The van der Waals surface area contributed by atoms with Crippen LogP contribution in [0, 0.1) is 0 Å². The fourth-order valence-corrected chi connectivity index (χ4v) is 1.93. The van der Waals surface area contributed by atoms with Crippen molar-refractivity contribution in [3.63, 3.8) is 0 Å². The predicted molar refractivity (Wildman–Crippen MR) is 83.5 cm³/mol. The number of methoxy groups -OCH3 is 1. The fourth-order valence-electron chi connectivity index (χ4n) is 1.93. The van der Waals surface area contributed by atoms with Gasteiger partial charge >= 0.3 is 0 Å². The van der Waals surface area contributed by atoms with Crippen LogP contribution >= 0.6 is 0 Å². The Bertz CT molecular complexity index is 570. The summed E-state index contributed by atoms with van der Waals surface area (Å²) in [6, 6.07) is 11.8. The van der Waals surface area contributed by atoms with Crippen LogP contribution in [0.5, 0.6) is 11.5 Å². The van der Waals surface area contributed by atoms with Crippen LogP contribution in [0.15, 0.2) is 55.3 Å². The van der Waals surface area contributed by atoms with E-state index in [2.05, 4.69) is 16.9 Å². The van der Waals surface area contributed by atoms with E-state index in [0.29, 0.717) is 6.61 Å². The Morgan fingerprint density at radius 1 is 1.19 bits per heavy atom. The number of aromatic nitrogens is 1. The predicted octanol–water partition coefficient (Wildman–Crippen LogP) is 2.94. The van der Waals surface area contributed by atoms with Crippen LogP contribution < -0.4 is 14.8 Å². The monoisotopic (exact) mass is 284 g/mol. The second-order valence-electron chi connectivity index (χ2n) is 4.51. The molecule has 4 heteroatoms. The maximum Gasteiger partial charge on any atom is 0.161 e. The number of nitrogens with zero attached hydrogens (tertiary/aromatic N) is 1. The Morgan fingerprint density at radius 3 is 2.81 bits per heavy atom. The maximum atomic E-state index is 5.53. The van der Waals surface area contributed by atoms with Crippen LogP contribution in [-0.2, 0) is 13.1 Å². The average Bonchev–Trinajstić information content (AvgIpc) is 2.54. The minimum Gasteiger partial charge on any atom is -0.493 e. The number of hydrogen-bond donors (Lipinski definition) is 1. The van der Waals surface area contributed by atoms with Crippen molar-refractivity contribution in [3.8, 4) is 11.5 Å². The van der Waals surface area contributed by atoms with E-state index in [1.165, 1.54) is 0 Å². The molecule has 0 saturated carbocycles. The Hall–Kier alpha value is -2.33. The van der Waals surface area contributed by atoms with Crippen LogP contribution in [-0.4, -0.2) is 18.7 Å². The Labute approximate surface area is 125 Å². The lowest BCUT2D eigenvalue weighted by atomic mass is 10.2. The van der Waals surface area contributed by atoms with Crippen LogP contribution in [0.3, 0.4) is 0 Å². The van der Waals surface area contributed by atoms with E-state index in [4.69, 9.17) is 9.47 Å². The molecule has 0 fully saturated rings. The molecule has 0 bridgehead atoms. The van der Waals surface area contributed by atoms with Gasteiger partial charge in [-0.2, -0.15) is 0 Å². The van der Waals surface area contributed by atoms with Gasteiger partial charge in [0.1, 0.15) is 6.61 Å². The Kier molecular flexibility index (Phi) is 5.79. The third-order valence-corrected chi connectivity index (χ3v) is 2.95. The largest absolute Gasteiger partial charge is 0.493 e. The van der Waals surface area contributed by atoms with Crippen LogP contribution in [0.2, 0.25) is 0 Å². The van der Waals surface area contributed by atoms with Gasteiger partial charge in [0, 0.05) is 19.3 Å². The van der Waals surface area contributed by atoms with Crippen molar-refractivity contribution in [2.45, 2.75) is 13.1 Å². The van der Waals surface area contributed by atoms with Crippen molar-refractivity contribution in [2.75, 3.05) is 13.7 Å². The second-order valence-corrected chi connectivity index (χ2v) is 4.51. The Balaban J connectivity index is 1.92. The first kappa shape index (κ1) is 15.1. The van der Waals surface area contributed by atoms with E-state index in [1.807, 2.05) is 36.4 Å². The van der Waals surface area contributed by atoms with Gasteiger partial charge in [0.15, 0.2) is 11.5 Å². The van der Waals surface area contributed by atoms with Gasteiger partial charge in [0.2, 0.25) is 0 Å². The molecular formula is C17H20N2O2. The minimum absolute atomic E-state index is 0.466. The molecule has 0 atom stereocenters. The van der Waals surface area contributed by atoms with Gasteiger partial charge in [-0.05, 0) is 29.8 Å². The van der Waals surface area contributed by atoms with Crippen molar-refractivity contribution in [2.24, 2.45) is 0 Å². The molecule has 1 aromatic carbocycles. The fraction of sp³-hybridized carbons (Fsp3) is 0.235. The van der Waals surface area contributed by atoms with Crippen LogP contribution in [0.4, 0.5) is 0 Å². The molecule has 1 heterocycles. The first-order chi connectivity index (χ1) is 10.3. The number of ether oxygens (including phenoxy) is 2. The summed E-state index contributed by atoms with van der Waals surface area (Å²) in [4.78, 5) is 4.27. The molecule has 2 rings (SSSR count). The molecule has 21 heavy (non-hydrogen) atoms. The van der Waals surface area contributed by atoms with Gasteiger partial charge in [0.25, 0.3) is 0 Å². The third-order valence-electron chi connectivity index (χ3n) is 2.95. The maximum absolute atomic E-state index is 5.53. The zero-order valence-electron chi connectivity index (χ0n) is 12.2. The molecule has 4 nitrogen and oxygen atoms in total. The number of rotatable bonds is 8. The summed E-state index contributed by atoms with van der Waals surface area (Å²) in [5.41, 5.74) is 2.16. The average molecular weight is 284 g/mol. The first-order valence-electron chi connectivity index (χ1n) is 6.84. The van der Waals surface area contributed by atoms with E-state index in [9.17, 15) is 0 Å². The highest BCUT2D eigenvalue weighted by molar-refractivity contribution is 5.43. The van der Waals surface area contributed by atoms with E-state index < -0.39 is 0 Å². The molecule has 0 unspecified atom stereocenters. The van der Waals surface area contributed by atoms with E-state index in [1.54, 1.807) is 19.4 Å². The highest BCUT2D eigenvalue weighted by Gasteiger charge is 2.05. The highest BCUT2D eigenvalue weighted by atomic mass is 16.5. The first-order valence-corrected chi connectivity index (χ1v) is 6.84. The molecule has 0 spiro atoms. The summed E-state index contributed by atoms with van der Waals surface area (Å²) in [7, 11) is 1.64. The SMILES string of the molecule is C=CCOc1ccc(CNCc2ccccn2)cc1OC. The molecule has 0 aliphatic heterocycles. The van der Waals surface area contributed by atoms with Crippen molar-refractivity contribution in [1.29, 1.82) is 0 Å². The smallest absolute Gasteiger partial charge is 0.161 e. The molecule has 0 radical (unpaired) electrons. The molecule has 0 aliphatic rings. The minimum atomic E-state index is 0.466. The van der Waals surface area contributed by atoms with Gasteiger partial charge in [-0.3, -0.25) is 4.98 Å². The number of benzene rings is 1. The lowest BCUT2D eigenvalue weighted by Gasteiger charge is -2.11. The number of hydrogen-bond acceptors (Lipinski definition) is 4. The summed E-state index contributed by atoms with van der Waals surface area (Å²) in [6.07, 6.45) is 3.51. The van der Waals surface area contributed by atoms with Crippen LogP contribution in [0.1, 0.15) is 11.3 Å². The standard InChI is InChI=1S/C17H20N2O2/c1-3-10-21-16-8-7-14(11-17(16)20-2)12-18-13-15-6-4-5-9-19-15/h3-9,11,18H,1,10,12-13H2,2H3. The zero-order valence-corrected chi connectivity index (χ0v) is 12.2. The van der Waals surface area contributed by atoms with E-state index in [-0.39, 0.29) is 0 Å². The topological polar surface area (TPSA) is 43.4 Å². The van der Waals surface area contributed by atoms with Crippen molar-refractivity contribution in [3.05, 3.63) is 66.5 Å². The van der Waals surface area contributed by atoms with E-state index in [0.717, 1.165) is 35.8 Å². The molecule has 0 saturated heterocycles. The highest BCUT2D eigenvalue weighted by Crippen LogP contribution is 2.28. The van der Waals surface area contributed by atoms with Gasteiger partial charge in [0.05, 0.1) is 12.8 Å². The third kappa shape index (κ3) is 4.61. The lowest BCUT2D eigenvalue weighted by molar-refractivity contribution is 0.326. The summed E-state index contributed by atoms with van der Waals surface area (Å²) in [5.74, 6) is 1.46. The van der Waals surface area contributed by atoms with Crippen molar-refractivity contribution < 1.29 is 9.47 Å². The van der Waals surface area contributed by atoms with Gasteiger partial charge < -0.3 is 14.8 Å². The van der Waals surface area contributed by atoms with Crippen LogP contribution in [0.25, 0.3) is 0 Å². The number of pyridine rings is 1. The summed E-state index contributed by atoms with van der Waals surface area (Å²) >= 11 is 0.